The minimum atomic E-state index is -1.10. The molecular formula is C22H23N3O3. The molecule has 2 N–H and O–H groups in total. The van der Waals surface area contributed by atoms with Crippen LogP contribution in [0.2, 0.25) is 0 Å². The maximum atomic E-state index is 11.6. The van der Waals surface area contributed by atoms with E-state index in [-0.39, 0.29) is 12.4 Å². The summed E-state index contributed by atoms with van der Waals surface area (Å²) in [6, 6.07) is 13.3. The molecule has 0 spiro atoms. The largest absolute Gasteiger partial charge is 0.392 e. The van der Waals surface area contributed by atoms with Gasteiger partial charge >= 0.3 is 0 Å². The van der Waals surface area contributed by atoms with E-state index in [2.05, 4.69) is 4.98 Å². The van der Waals surface area contributed by atoms with Gasteiger partial charge in [0.05, 0.1) is 23.7 Å². The Kier molecular flexibility index (Phi) is 4.83. The highest BCUT2D eigenvalue weighted by Crippen LogP contribution is 2.37. The first-order chi connectivity index (χ1) is 13.5. The summed E-state index contributed by atoms with van der Waals surface area (Å²) in [5.74, 6) is 0.187. The number of aliphatic hydroxyl groups is 2. The van der Waals surface area contributed by atoms with Crippen LogP contribution in [0.1, 0.15) is 42.6 Å². The molecular weight excluding hydrogens is 354 g/mol. The van der Waals surface area contributed by atoms with Crippen LogP contribution in [-0.4, -0.2) is 30.8 Å². The zero-order valence-corrected chi connectivity index (χ0v) is 15.8. The second kappa shape index (κ2) is 7.30. The van der Waals surface area contributed by atoms with Crippen molar-refractivity contribution in [2.75, 3.05) is 0 Å². The second-order valence-corrected chi connectivity index (χ2v) is 7.41. The zero-order chi connectivity index (χ0) is 19.7. The van der Waals surface area contributed by atoms with Gasteiger partial charge < -0.3 is 10.2 Å². The molecule has 0 aliphatic heterocycles. The Morgan fingerprint density at radius 2 is 1.82 bits per heavy atom. The summed E-state index contributed by atoms with van der Waals surface area (Å²) in [7, 11) is 0. The number of hydrogen-bond donors (Lipinski definition) is 2. The van der Waals surface area contributed by atoms with Gasteiger partial charge in [-0.3, -0.25) is 9.78 Å². The Hall–Kier alpha value is -2.83. The molecule has 0 unspecified atom stereocenters. The third kappa shape index (κ3) is 3.48. The van der Waals surface area contributed by atoms with Crippen LogP contribution in [0.5, 0.6) is 0 Å². The summed E-state index contributed by atoms with van der Waals surface area (Å²) in [6.45, 7) is 1.91. The molecule has 0 bridgehead atoms. The normalized spacial score (nSPS) is 16.3. The van der Waals surface area contributed by atoms with Crippen molar-refractivity contribution >= 4 is 5.78 Å². The molecule has 1 aromatic carbocycles. The molecule has 1 aliphatic rings. The van der Waals surface area contributed by atoms with Crippen LogP contribution < -0.4 is 0 Å². The van der Waals surface area contributed by atoms with Gasteiger partial charge in [0, 0.05) is 30.3 Å². The quantitative estimate of drug-likeness (QED) is 0.729. The molecule has 2 aromatic heterocycles. The van der Waals surface area contributed by atoms with E-state index in [9.17, 15) is 15.0 Å². The number of hydrogen-bond acceptors (Lipinski definition) is 5. The highest BCUT2D eigenvalue weighted by molar-refractivity contribution is 5.79. The van der Waals surface area contributed by atoms with Gasteiger partial charge in [-0.05, 0) is 55.7 Å². The Morgan fingerprint density at radius 3 is 2.43 bits per heavy atom. The van der Waals surface area contributed by atoms with E-state index in [1.165, 1.54) is 0 Å². The number of pyridine rings is 1. The molecule has 0 amide bonds. The number of nitrogens with zero attached hydrogens (tertiary/aromatic N) is 3. The third-order valence-corrected chi connectivity index (χ3v) is 5.39. The van der Waals surface area contributed by atoms with Gasteiger partial charge in [0.15, 0.2) is 0 Å². The third-order valence-electron chi connectivity index (χ3n) is 5.39. The van der Waals surface area contributed by atoms with Crippen molar-refractivity contribution in [1.29, 1.82) is 0 Å². The van der Waals surface area contributed by atoms with Gasteiger partial charge in [0.25, 0.3) is 0 Å². The highest BCUT2D eigenvalue weighted by Gasteiger charge is 2.37. The number of carbonyl (C=O) groups excluding carboxylic acids is 1. The van der Waals surface area contributed by atoms with Gasteiger partial charge in [0.1, 0.15) is 11.4 Å². The van der Waals surface area contributed by atoms with Crippen LogP contribution in [0.25, 0.3) is 16.9 Å². The van der Waals surface area contributed by atoms with E-state index >= 15 is 0 Å². The van der Waals surface area contributed by atoms with Gasteiger partial charge in [-0.15, -0.1) is 0 Å². The van der Waals surface area contributed by atoms with Crippen LogP contribution in [0.3, 0.4) is 0 Å². The van der Waals surface area contributed by atoms with Crippen molar-refractivity contribution in [3.63, 3.8) is 0 Å². The van der Waals surface area contributed by atoms with Crippen LogP contribution in [0.4, 0.5) is 0 Å². The Balaban J connectivity index is 1.81. The lowest BCUT2D eigenvalue weighted by Gasteiger charge is -2.29. The molecule has 2 heterocycles. The lowest BCUT2D eigenvalue weighted by molar-refractivity contribution is -0.125. The lowest BCUT2D eigenvalue weighted by atomic mass is 9.82. The minimum Gasteiger partial charge on any atom is -0.392 e. The van der Waals surface area contributed by atoms with Crippen molar-refractivity contribution < 1.29 is 15.0 Å². The van der Waals surface area contributed by atoms with Gasteiger partial charge in [0.2, 0.25) is 0 Å². The number of Topliss-reactive ketones (excluding diaryl/α,β-unsaturated/α-hetero) is 1. The van der Waals surface area contributed by atoms with Gasteiger partial charge in [-0.1, -0.05) is 12.1 Å². The Morgan fingerprint density at radius 1 is 1.11 bits per heavy atom. The molecule has 1 fully saturated rings. The van der Waals surface area contributed by atoms with Crippen LogP contribution in [0, 0.1) is 6.92 Å². The summed E-state index contributed by atoms with van der Waals surface area (Å²) < 4.78 is 1.79. The molecule has 6 heteroatoms. The predicted octanol–water partition coefficient (Wildman–Crippen LogP) is 3.07. The van der Waals surface area contributed by atoms with Crippen LogP contribution in [-0.2, 0) is 17.0 Å². The van der Waals surface area contributed by atoms with E-state index in [4.69, 9.17) is 5.10 Å². The summed E-state index contributed by atoms with van der Waals surface area (Å²) in [6.07, 6.45) is 3.31. The standard InChI is InChI=1S/C22H23N3O3/c1-15-2-5-17(13-23-15)20-12-21(22(28)10-8-19(27)9-11-22)24-25(20)18-6-3-16(14-26)4-7-18/h2-7,12-13,26,28H,8-11,14H2,1H3. The summed E-state index contributed by atoms with van der Waals surface area (Å²) in [5, 5.41) is 25.2. The number of ketones is 1. The number of rotatable bonds is 4. The van der Waals surface area contributed by atoms with Crippen molar-refractivity contribution in [2.24, 2.45) is 0 Å². The predicted molar refractivity (Wildman–Crippen MR) is 105 cm³/mol. The first-order valence-electron chi connectivity index (χ1n) is 9.46. The minimum absolute atomic E-state index is 0.0207. The number of carbonyl (C=O) groups is 1. The molecule has 28 heavy (non-hydrogen) atoms. The monoisotopic (exact) mass is 377 g/mol. The molecule has 1 saturated carbocycles. The fraction of sp³-hybridized carbons (Fsp3) is 0.318. The van der Waals surface area contributed by atoms with Crippen molar-refractivity contribution in [1.82, 2.24) is 14.8 Å². The SMILES string of the molecule is Cc1ccc(-c2cc(C3(O)CCC(=O)CC3)nn2-c2ccc(CO)cc2)cn1. The van der Waals surface area contributed by atoms with E-state index in [0.29, 0.717) is 31.4 Å². The molecule has 144 valence electrons. The average molecular weight is 377 g/mol. The fourth-order valence-electron chi connectivity index (χ4n) is 3.57. The molecule has 3 aromatic rings. The van der Waals surface area contributed by atoms with Gasteiger partial charge in [-0.25, -0.2) is 4.68 Å². The molecule has 0 radical (unpaired) electrons. The number of aryl methyl sites for hydroxylation is 1. The number of aliphatic hydroxyl groups excluding tert-OH is 1. The summed E-state index contributed by atoms with van der Waals surface area (Å²) >= 11 is 0. The van der Waals surface area contributed by atoms with E-state index in [1.54, 1.807) is 10.9 Å². The molecule has 0 atom stereocenters. The smallest absolute Gasteiger partial charge is 0.133 e. The van der Waals surface area contributed by atoms with Crippen LogP contribution in [0.15, 0.2) is 48.7 Å². The molecule has 1 aliphatic carbocycles. The van der Waals surface area contributed by atoms with E-state index < -0.39 is 5.60 Å². The fourth-order valence-corrected chi connectivity index (χ4v) is 3.57. The Labute approximate surface area is 163 Å². The first kappa shape index (κ1) is 18.5. The van der Waals surface area contributed by atoms with E-state index in [1.807, 2.05) is 49.4 Å². The van der Waals surface area contributed by atoms with Crippen molar-refractivity contribution in [2.45, 2.75) is 44.8 Å². The van der Waals surface area contributed by atoms with Gasteiger partial charge in [-0.2, -0.15) is 5.10 Å². The molecule has 4 rings (SSSR count). The van der Waals surface area contributed by atoms with Crippen molar-refractivity contribution in [3.8, 4) is 16.9 Å². The molecule has 0 saturated heterocycles. The highest BCUT2D eigenvalue weighted by atomic mass is 16.3. The summed E-state index contributed by atoms with van der Waals surface area (Å²) in [4.78, 5) is 16.0. The second-order valence-electron chi connectivity index (χ2n) is 7.41. The van der Waals surface area contributed by atoms with E-state index in [0.717, 1.165) is 28.2 Å². The topological polar surface area (TPSA) is 88.2 Å². The zero-order valence-electron chi connectivity index (χ0n) is 15.8. The first-order valence-corrected chi connectivity index (χ1v) is 9.46. The molecule has 6 nitrogen and oxygen atoms in total. The summed E-state index contributed by atoms with van der Waals surface area (Å²) in [5.41, 5.74) is 3.76. The maximum Gasteiger partial charge on any atom is 0.133 e. The Bertz CT molecular complexity index is 981. The van der Waals surface area contributed by atoms with Crippen molar-refractivity contribution in [3.05, 3.63) is 65.6 Å². The average Bonchev–Trinajstić information content (AvgIpc) is 3.17. The van der Waals surface area contributed by atoms with Crippen LogP contribution >= 0.6 is 0 Å². The maximum absolute atomic E-state index is 11.6. The number of benzene rings is 1. The number of aromatic nitrogens is 3. The lowest BCUT2D eigenvalue weighted by Crippen LogP contribution is -2.32.